The SMILES string of the molecule is COc1cccc(C(=O)N2CCN(C(=O)OCc3ccccc3)C2C(=O)NCc2cccc(CN)c2)c1. The van der Waals surface area contributed by atoms with E-state index in [0.29, 0.717) is 17.9 Å². The number of hydrogen-bond acceptors (Lipinski definition) is 6. The molecule has 192 valence electrons. The van der Waals surface area contributed by atoms with Crippen molar-refractivity contribution in [1.29, 1.82) is 0 Å². The number of carbonyl (C=O) groups is 3. The molecule has 0 radical (unpaired) electrons. The van der Waals surface area contributed by atoms with Gasteiger partial charge in [-0.1, -0.05) is 60.7 Å². The maximum Gasteiger partial charge on any atom is 0.412 e. The average Bonchev–Trinajstić information content (AvgIpc) is 3.40. The fourth-order valence-corrected chi connectivity index (χ4v) is 4.19. The monoisotopic (exact) mass is 502 g/mol. The molecule has 0 spiro atoms. The number of methoxy groups -OCH3 is 1. The van der Waals surface area contributed by atoms with E-state index < -0.39 is 18.2 Å². The summed E-state index contributed by atoms with van der Waals surface area (Å²) < 4.78 is 10.7. The van der Waals surface area contributed by atoms with Crippen molar-refractivity contribution in [2.24, 2.45) is 5.73 Å². The minimum absolute atomic E-state index is 0.0558. The molecule has 0 bridgehead atoms. The first-order chi connectivity index (χ1) is 18.0. The molecule has 1 aliphatic rings. The van der Waals surface area contributed by atoms with E-state index in [4.69, 9.17) is 15.2 Å². The zero-order chi connectivity index (χ0) is 26.2. The first kappa shape index (κ1) is 25.7. The number of hydrogen-bond donors (Lipinski definition) is 2. The van der Waals surface area contributed by atoms with Crippen molar-refractivity contribution in [1.82, 2.24) is 15.1 Å². The van der Waals surface area contributed by atoms with Crippen LogP contribution in [0.4, 0.5) is 4.79 Å². The molecule has 9 nitrogen and oxygen atoms in total. The average molecular weight is 503 g/mol. The van der Waals surface area contributed by atoms with Crippen LogP contribution in [0.5, 0.6) is 5.75 Å². The molecule has 4 rings (SSSR count). The van der Waals surface area contributed by atoms with Gasteiger partial charge in [0.2, 0.25) is 0 Å². The zero-order valence-corrected chi connectivity index (χ0v) is 20.6. The Kier molecular flexibility index (Phi) is 8.37. The summed E-state index contributed by atoms with van der Waals surface area (Å²) in [6.45, 7) is 0.993. The molecule has 1 fully saturated rings. The number of carbonyl (C=O) groups excluding carboxylic acids is 3. The molecule has 0 aliphatic carbocycles. The molecule has 1 atom stereocenters. The van der Waals surface area contributed by atoms with Gasteiger partial charge in [0.15, 0.2) is 6.17 Å². The van der Waals surface area contributed by atoms with Crippen LogP contribution in [-0.2, 0) is 29.2 Å². The van der Waals surface area contributed by atoms with Crippen molar-refractivity contribution in [2.45, 2.75) is 25.9 Å². The number of nitrogens with two attached hydrogens (primary N) is 1. The van der Waals surface area contributed by atoms with Gasteiger partial charge in [-0.2, -0.15) is 0 Å². The van der Waals surface area contributed by atoms with Crippen molar-refractivity contribution in [2.75, 3.05) is 20.2 Å². The Morgan fingerprint density at radius 1 is 0.892 bits per heavy atom. The van der Waals surface area contributed by atoms with E-state index >= 15 is 0 Å². The van der Waals surface area contributed by atoms with Crippen molar-refractivity contribution in [3.8, 4) is 5.75 Å². The molecule has 9 heteroatoms. The maximum absolute atomic E-state index is 13.4. The smallest absolute Gasteiger partial charge is 0.412 e. The van der Waals surface area contributed by atoms with Crippen LogP contribution in [0.25, 0.3) is 0 Å². The second-order valence-corrected chi connectivity index (χ2v) is 8.58. The highest BCUT2D eigenvalue weighted by Gasteiger charge is 2.43. The first-order valence-electron chi connectivity index (χ1n) is 12.0. The van der Waals surface area contributed by atoms with E-state index in [0.717, 1.165) is 16.7 Å². The molecule has 1 heterocycles. The molecule has 1 unspecified atom stereocenters. The Hall–Kier alpha value is -4.37. The van der Waals surface area contributed by atoms with Gasteiger partial charge in [-0.15, -0.1) is 0 Å². The summed E-state index contributed by atoms with van der Waals surface area (Å²) in [5.41, 5.74) is 8.70. The summed E-state index contributed by atoms with van der Waals surface area (Å²) in [7, 11) is 1.51. The summed E-state index contributed by atoms with van der Waals surface area (Å²) in [6, 6.07) is 23.5. The minimum atomic E-state index is -1.17. The quantitative estimate of drug-likeness (QED) is 0.490. The predicted molar refractivity (Wildman–Crippen MR) is 137 cm³/mol. The van der Waals surface area contributed by atoms with Crippen LogP contribution in [0.2, 0.25) is 0 Å². The highest BCUT2D eigenvalue weighted by molar-refractivity contribution is 5.99. The number of rotatable bonds is 8. The van der Waals surface area contributed by atoms with Crippen molar-refractivity contribution < 1.29 is 23.9 Å². The number of nitrogens with zero attached hydrogens (tertiary/aromatic N) is 2. The fraction of sp³-hybridized carbons (Fsp3) is 0.250. The highest BCUT2D eigenvalue weighted by Crippen LogP contribution is 2.22. The van der Waals surface area contributed by atoms with E-state index in [1.54, 1.807) is 24.3 Å². The molecular weight excluding hydrogens is 472 g/mol. The van der Waals surface area contributed by atoms with Crippen LogP contribution in [0.15, 0.2) is 78.9 Å². The van der Waals surface area contributed by atoms with Crippen LogP contribution in [-0.4, -0.2) is 54.1 Å². The van der Waals surface area contributed by atoms with Crippen LogP contribution < -0.4 is 15.8 Å². The van der Waals surface area contributed by atoms with Gasteiger partial charge in [0.25, 0.3) is 11.8 Å². The lowest BCUT2D eigenvalue weighted by molar-refractivity contribution is -0.128. The molecule has 1 aliphatic heterocycles. The summed E-state index contributed by atoms with van der Waals surface area (Å²) >= 11 is 0. The first-order valence-corrected chi connectivity index (χ1v) is 12.0. The molecule has 0 saturated carbocycles. The van der Waals surface area contributed by atoms with E-state index in [2.05, 4.69) is 5.32 Å². The minimum Gasteiger partial charge on any atom is -0.497 e. The van der Waals surface area contributed by atoms with Gasteiger partial charge in [-0.25, -0.2) is 4.79 Å². The van der Waals surface area contributed by atoms with Crippen LogP contribution in [0.3, 0.4) is 0 Å². The van der Waals surface area contributed by atoms with Gasteiger partial charge < -0.3 is 25.4 Å². The molecule has 1 saturated heterocycles. The molecule has 3 aromatic carbocycles. The van der Waals surface area contributed by atoms with Crippen molar-refractivity contribution in [3.63, 3.8) is 0 Å². The normalized spacial score (nSPS) is 14.8. The van der Waals surface area contributed by atoms with Gasteiger partial charge >= 0.3 is 6.09 Å². The molecule has 3 amide bonds. The van der Waals surface area contributed by atoms with E-state index in [1.807, 2.05) is 54.6 Å². The van der Waals surface area contributed by atoms with Gasteiger partial charge in [0, 0.05) is 31.7 Å². The summed E-state index contributed by atoms with van der Waals surface area (Å²) in [4.78, 5) is 42.6. The third-order valence-electron chi connectivity index (χ3n) is 6.12. The van der Waals surface area contributed by atoms with E-state index in [-0.39, 0.29) is 32.1 Å². The Balaban J connectivity index is 1.53. The zero-order valence-electron chi connectivity index (χ0n) is 20.6. The van der Waals surface area contributed by atoms with Gasteiger partial charge in [0.1, 0.15) is 12.4 Å². The second kappa shape index (κ2) is 12.0. The molecule has 3 aromatic rings. The fourth-order valence-electron chi connectivity index (χ4n) is 4.19. The summed E-state index contributed by atoms with van der Waals surface area (Å²) in [5, 5.41) is 2.86. The third-order valence-corrected chi connectivity index (χ3v) is 6.12. The van der Waals surface area contributed by atoms with Crippen molar-refractivity contribution >= 4 is 17.9 Å². The van der Waals surface area contributed by atoms with Crippen LogP contribution in [0, 0.1) is 0 Å². The van der Waals surface area contributed by atoms with Gasteiger partial charge in [-0.3, -0.25) is 14.5 Å². The molecule has 3 N–H and O–H groups in total. The lowest BCUT2D eigenvalue weighted by atomic mass is 10.1. The highest BCUT2D eigenvalue weighted by atomic mass is 16.6. The van der Waals surface area contributed by atoms with E-state index in [9.17, 15) is 14.4 Å². The predicted octanol–water partition coefficient (Wildman–Crippen LogP) is 2.89. The summed E-state index contributed by atoms with van der Waals surface area (Å²) in [5.74, 6) is -0.351. The van der Waals surface area contributed by atoms with Crippen molar-refractivity contribution in [3.05, 3.63) is 101 Å². The number of benzene rings is 3. The topological polar surface area (TPSA) is 114 Å². The van der Waals surface area contributed by atoms with Gasteiger partial charge in [-0.05, 0) is 34.9 Å². The summed E-state index contributed by atoms with van der Waals surface area (Å²) in [6.07, 6.45) is -1.84. The standard InChI is InChI=1S/C28H30N4O5/c1-36-24-12-6-11-23(16-24)27(34)31-13-14-32(28(35)37-19-20-7-3-2-4-8-20)26(31)25(33)30-18-22-10-5-9-21(15-22)17-29/h2-12,15-16,26H,13-14,17-19,29H2,1H3,(H,30,33). The number of amides is 3. The molecule has 37 heavy (non-hydrogen) atoms. The number of nitrogens with one attached hydrogen (secondary N) is 1. The Morgan fingerprint density at radius 2 is 1.59 bits per heavy atom. The molecule has 0 aromatic heterocycles. The van der Waals surface area contributed by atoms with Gasteiger partial charge in [0.05, 0.1) is 7.11 Å². The third kappa shape index (κ3) is 6.25. The lowest BCUT2D eigenvalue weighted by Crippen LogP contribution is -2.53. The largest absolute Gasteiger partial charge is 0.497 e. The Labute approximate surface area is 215 Å². The Morgan fingerprint density at radius 3 is 2.35 bits per heavy atom. The number of ether oxygens (including phenoxy) is 2. The van der Waals surface area contributed by atoms with Crippen LogP contribution in [0.1, 0.15) is 27.0 Å². The maximum atomic E-state index is 13.4. The molecular formula is C28H30N4O5. The van der Waals surface area contributed by atoms with Crippen LogP contribution >= 0.6 is 0 Å². The second-order valence-electron chi connectivity index (χ2n) is 8.58. The lowest BCUT2D eigenvalue weighted by Gasteiger charge is -2.28. The Bertz CT molecular complexity index is 1250. The van der Waals surface area contributed by atoms with E-state index in [1.165, 1.54) is 16.9 Å².